The van der Waals surface area contributed by atoms with E-state index in [1.54, 1.807) is 0 Å². The van der Waals surface area contributed by atoms with E-state index in [-0.39, 0.29) is 5.25 Å². The SMILES string of the molecule is CCCC(Sc1cc(C(C)C)c(N(C)C)c(C(C)C)c1)C(=O)O. The Morgan fingerprint density at radius 3 is 1.91 bits per heavy atom. The molecule has 1 atom stereocenters. The highest BCUT2D eigenvalue weighted by atomic mass is 32.2. The first-order valence-electron chi connectivity index (χ1n) is 8.43. The maximum atomic E-state index is 11.5. The first-order valence-corrected chi connectivity index (χ1v) is 9.31. The van der Waals surface area contributed by atoms with Gasteiger partial charge in [-0.2, -0.15) is 0 Å². The van der Waals surface area contributed by atoms with Crippen molar-refractivity contribution >= 4 is 23.4 Å². The van der Waals surface area contributed by atoms with Gasteiger partial charge in [-0.3, -0.25) is 4.79 Å². The van der Waals surface area contributed by atoms with Gasteiger partial charge in [0, 0.05) is 24.7 Å². The second kappa shape index (κ2) is 8.62. The number of thioether (sulfide) groups is 1. The predicted octanol–water partition coefficient (Wildman–Crippen LogP) is 5.34. The van der Waals surface area contributed by atoms with E-state index in [0.29, 0.717) is 18.3 Å². The van der Waals surface area contributed by atoms with E-state index in [2.05, 4.69) is 58.8 Å². The standard InChI is InChI=1S/C19H31NO2S/c1-8-9-17(19(21)22)23-14-10-15(12(2)3)18(20(6)7)16(11-14)13(4)5/h10-13,17H,8-9H2,1-7H3,(H,21,22). The summed E-state index contributed by atoms with van der Waals surface area (Å²) in [6.07, 6.45) is 1.58. The van der Waals surface area contributed by atoms with E-state index in [1.807, 2.05) is 6.92 Å². The average molecular weight is 338 g/mol. The molecule has 0 aliphatic rings. The van der Waals surface area contributed by atoms with Crippen molar-refractivity contribution in [3.05, 3.63) is 23.3 Å². The molecule has 0 radical (unpaired) electrons. The Hall–Kier alpha value is -1.16. The number of anilines is 1. The molecule has 0 saturated heterocycles. The van der Waals surface area contributed by atoms with Gasteiger partial charge in [-0.25, -0.2) is 0 Å². The normalized spacial score (nSPS) is 12.7. The summed E-state index contributed by atoms with van der Waals surface area (Å²) in [5.41, 5.74) is 3.87. The molecule has 0 bridgehead atoms. The van der Waals surface area contributed by atoms with Crippen LogP contribution in [0.5, 0.6) is 0 Å². The maximum absolute atomic E-state index is 11.5. The first kappa shape index (κ1) is 19.9. The highest BCUT2D eigenvalue weighted by Crippen LogP contribution is 2.39. The molecule has 1 aromatic carbocycles. The van der Waals surface area contributed by atoms with Crippen LogP contribution < -0.4 is 4.90 Å². The van der Waals surface area contributed by atoms with Crippen LogP contribution in [0.15, 0.2) is 17.0 Å². The van der Waals surface area contributed by atoms with Crippen molar-refractivity contribution in [3.8, 4) is 0 Å². The maximum Gasteiger partial charge on any atom is 0.316 e. The largest absolute Gasteiger partial charge is 0.480 e. The van der Waals surface area contributed by atoms with Crippen molar-refractivity contribution in [2.75, 3.05) is 19.0 Å². The van der Waals surface area contributed by atoms with Crippen LogP contribution in [-0.4, -0.2) is 30.4 Å². The Morgan fingerprint density at radius 1 is 1.13 bits per heavy atom. The third-order valence-electron chi connectivity index (χ3n) is 3.94. The zero-order valence-electron chi connectivity index (χ0n) is 15.5. The number of rotatable bonds is 8. The monoisotopic (exact) mass is 337 g/mol. The molecule has 1 N–H and O–H groups in total. The molecular weight excluding hydrogens is 306 g/mol. The summed E-state index contributed by atoms with van der Waals surface area (Å²) in [5.74, 6) is 0.0885. The Bertz CT molecular complexity index is 509. The summed E-state index contributed by atoms with van der Waals surface area (Å²) < 4.78 is 0. The second-order valence-corrected chi connectivity index (χ2v) is 8.16. The van der Waals surface area contributed by atoms with E-state index in [1.165, 1.54) is 28.6 Å². The van der Waals surface area contributed by atoms with Gasteiger partial charge >= 0.3 is 5.97 Å². The Morgan fingerprint density at radius 2 is 1.61 bits per heavy atom. The summed E-state index contributed by atoms with van der Waals surface area (Å²) in [6, 6.07) is 4.37. The van der Waals surface area contributed by atoms with Crippen molar-refractivity contribution in [2.45, 2.75) is 69.4 Å². The summed E-state index contributed by atoms with van der Waals surface area (Å²) in [5, 5.41) is 9.07. The minimum atomic E-state index is -0.717. The number of carboxylic acids is 1. The van der Waals surface area contributed by atoms with Crippen LogP contribution in [0.4, 0.5) is 5.69 Å². The van der Waals surface area contributed by atoms with Crippen LogP contribution in [0.25, 0.3) is 0 Å². The number of carbonyl (C=O) groups is 1. The molecule has 1 unspecified atom stereocenters. The molecule has 3 nitrogen and oxygen atoms in total. The van der Waals surface area contributed by atoms with Crippen molar-refractivity contribution < 1.29 is 9.90 Å². The van der Waals surface area contributed by atoms with Crippen LogP contribution in [0.3, 0.4) is 0 Å². The number of hydrogen-bond donors (Lipinski definition) is 1. The molecule has 0 heterocycles. The fourth-order valence-corrected chi connectivity index (χ4v) is 3.95. The zero-order chi connectivity index (χ0) is 17.7. The van der Waals surface area contributed by atoms with Gasteiger partial charge in [0.1, 0.15) is 5.25 Å². The van der Waals surface area contributed by atoms with Gasteiger partial charge in [-0.15, -0.1) is 11.8 Å². The summed E-state index contributed by atoms with van der Waals surface area (Å²) in [6.45, 7) is 10.8. The summed E-state index contributed by atoms with van der Waals surface area (Å²) in [7, 11) is 4.16. The van der Waals surface area contributed by atoms with E-state index in [9.17, 15) is 9.90 Å². The Balaban J connectivity index is 3.37. The van der Waals surface area contributed by atoms with E-state index >= 15 is 0 Å². The fourth-order valence-electron chi connectivity index (χ4n) is 2.78. The molecule has 0 aromatic heterocycles. The van der Waals surface area contributed by atoms with Crippen molar-refractivity contribution in [2.24, 2.45) is 0 Å². The van der Waals surface area contributed by atoms with Gasteiger partial charge in [0.2, 0.25) is 0 Å². The van der Waals surface area contributed by atoms with Crippen LogP contribution in [0.1, 0.15) is 70.4 Å². The molecule has 0 fully saturated rings. The quantitative estimate of drug-likeness (QED) is 0.650. The van der Waals surface area contributed by atoms with Gasteiger partial charge in [0.15, 0.2) is 0 Å². The smallest absolute Gasteiger partial charge is 0.316 e. The third-order valence-corrected chi connectivity index (χ3v) is 5.17. The minimum Gasteiger partial charge on any atom is -0.480 e. The lowest BCUT2D eigenvalue weighted by Crippen LogP contribution is -2.17. The zero-order valence-corrected chi connectivity index (χ0v) is 16.3. The number of carboxylic acid groups (broad SMARTS) is 1. The van der Waals surface area contributed by atoms with Gasteiger partial charge < -0.3 is 10.0 Å². The molecule has 1 rings (SSSR count). The average Bonchev–Trinajstić information content (AvgIpc) is 2.45. The van der Waals surface area contributed by atoms with Crippen LogP contribution in [0.2, 0.25) is 0 Å². The predicted molar refractivity (Wildman–Crippen MR) is 101 cm³/mol. The second-order valence-electron chi connectivity index (χ2n) is 6.89. The lowest BCUT2D eigenvalue weighted by atomic mass is 9.92. The van der Waals surface area contributed by atoms with Crippen molar-refractivity contribution in [1.82, 2.24) is 0 Å². The highest BCUT2D eigenvalue weighted by molar-refractivity contribution is 8.00. The van der Waals surface area contributed by atoms with Crippen molar-refractivity contribution in [3.63, 3.8) is 0 Å². The third kappa shape index (κ3) is 5.17. The van der Waals surface area contributed by atoms with Crippen LogP contribution >= 0.6 is 11.8 Å². The van der Waals surface area contributed by atoms with Gasteiger partial charge in [0.05, 0.1) is 0 Å². The summed E-state index contributed by atoms with van der Waals surface area (Å²) >= 11 is 1.49. The Kier molecular flexibility index (Phi) is 7.46. The molecule has 0 aliphatic heterocycles. The van der Waals surface area contributed by atoms with Crippen molar-refractivity contribution in [1.29, 1.82) is 0 Å². The topological polar surface area (TPSA) is 40.5 Å². The number of benzene rings is 1. The molecular formula is C19H31NO2S. The van der Waals surface area contributed by atoms with Crippen LogP contribution in [0, 0.1) is 0 Å². The fraction of sp³-hybridized carbons (Fsp3) is 0.632. The number of aliphatic carboxylic acids is 1. The lowest BCUT2D eigenvalue weighted by molar-refractivity contribution is -0.136. The summed E-state index contributed by atoms with van der Waals surface area (Å²) in [4.78, 5) is 14.7. The molecule has 0 amide bonds. The molecule has 130 valence electrons. The highest BCUT2D eigenvalue weighted by Gasteiger charge is 2.22. The molecule has 0 saturated carbocycles. The van der Waals surface area contributed by atoms with E-state index < -0.39 is 5.97 Å². The van der Waals surface area contributed by atoms with Crippen LogP contribution in [-0.2, 0) is 4.79 Å². The lowest BCUT2D eigenvalue weighted by Gasteiger charge is -2.27. The molecule has 23 heavy (non-hydrogen) atoms. The first-order chi connectivity index (χ1) is 10.7. The van der Waals surface area contributed by atoms with Gasteiger partial charge in [-0.05, 0) is 41.5 Å². The molecule has 0 spiro atoms. The van der Waals surface area contributed by atoms with E-state index in [0.717, 1.165) is 11.3 Å². The molecule has 0 aliphatic carbocycles. The minimum absolute atomic E-state index is 0.370. The van der Waals surface area contributed by atoms with Gasteiger partial charge in [-0.1, -0.05) is 41.0 Å². The molecule has 4 heteroatoms. The van der Waals surface area contributed by atoms with Gasteiger partial charge in [0.25, 0.3) is 0 Å². The number of nitrogens with zero attached hydrogens (tertiary/aromatic N) is 1. The number of hydrogen-bond acceptors (Lipinski definition) is 3. The molecule has 1 aromatic rings. The Labute approximate surface area is 145 Å². The van der Waals surface area contributed by atoms with E-state index in [4.69, 9.17) is 0 Å².